The van der Waals surface area contributed by atoms with Gasteiger partial charge in [0.15, 0.2) is 5.82 Å². The summed E-state index contributed by atoms with van der Waals surface area (Å²) in [4.78, 5) is 9.23. The van der Waals surface area contributed by atoms with Gasteiger partial charge in [0, 0.05) is 18.0 Å². The van der Waals surface area contributed by atoms with Gasteiger partial charge in [-0.15, -0.1) is 0 Å². The average molecular weight is 418 g/mol. The first-order chi connectivity index (χ1) is 9.74. The summed E-state index contributed by atoms with van der Waals surface area (Å²) in [5.41, 5.74) is 1.65. The van der Waals surface area contributed by atoms with Crippen molar-refractivity contribution in [2.75, 3.05) is 12.4 Å². The lowest BCUT2D eigenvalue weighted by Crippen LogP contribution is -2.18. The second-order valence-corrected chi connectivity index (χ2v) is 7.21. The minimum atomic E-state index is -0.0967. The molecule has 0 saturated carbocycles. The molecular weight excluding hydrogens is 401 g/mol. The summed E-state index contributed by atoms with van der Waals surface area (Å²) in [6.07, 6.45) is 0. The predicted molar refractivity (Wildman–Crippen MR) is 95.1 cm³/mol. The van der Waals surface area contributed by atoms with E-state index in [2.05, 4.69) is 53.7 Å². The van der Waals surface area contributed by atoms with E-state index >= 15 is 0 Å². The Morgan fingerprint density at radius 1 is 1.24 bits per heavy atom. The molecular formula is C15H17ClIN3O. The predicted octanol–water partition coefficient (Wildman–Crippen LogP) is 4.45. The lowest BCUT2D eigenvalue weighted by atomic mass is 9.91. The van der Waals surface area contributed by atoms with E-state index in [9.17, 15) is 5.11 Å². The molecule has 2 N–H and O–H groups in total. The van der Waals surface area contributed by atoms with Crippen LogP contribution in [0.15, 0.2) is 18.2 Å². The molecule has 0 saturated heterocycles. The molecule has 21 heavy (non-hydrogen) atoms. The fourth-order valence-corrected chi connectivity index (χ4v) is 3.39. The van der Waals surface area contributed by atoms with Gasteiger partial charge in [-0.05, 0) is 40.8 Å². The number of aromatic hydroxyl groups is 1. The molecule has 2 aromatic rings. The maximum Gasteiger partial charge on any atom is 0.161 e. The van der Waals surface area contributed by atoms with Gasteiger partial charge in [-0.3, -0.25) is 0 Å². The number of phenolic OH excluding ortho intramolecular Hbond substituents is 1. The summed E-state index contributed by atoms with van der Waals surface area (Å²) in [6.45, 7) is 6.35. The minimum Gasteiger partial charge on any atom is -0.506 e. The van der Waals surface area contributed by atoms with Crippen molar-refractivity contribution in [1.29, 1.82) is 0 Å². The molecule has 112 valence electrons. The molecule has 1 heterocycles. The van der Waals surface area contributed by atoms with Gasteiger partial charge in [0.05, 0.1) is 14.3 Å². The van der Waals surface area contributed by atoms with Crippen molar-refractivity contribution in [3.05, 3.63) is 32.5 Å². The van der Waals surface area contributed by atoms with Crippen molar-refractivity contribution in [2.45, 2.75) is 26.2 Å². The van der Waals surface area contributed by atoms with Crippen LogP contribution in [0.3, 0.4) is 0 Å². The Hall–Kier alpha value is -1.08. The van der Waals surface area contributed by atoms with Gasteiger partial charge < -0.3 is 10.4 Å². The molecule has 0 amide bonds. The summed E-state index contributed by atoms with van der Waals surface area (Å²) in [6, 6.07) is 4.98. The molecule has 1 aromatic carbocycles. The SMILES string of the molecule is CNc1nc(-c2ccc(O)c(Cl)c2)nc(C(C)(C)C)c1I. The van der Waals surface area contributed by atoms with Gasteiger partial charge in [-0.25, -0.2) is 9.97 Å². The molecule has 6 heteroatoms. The van der Waals surface area contributed by atoms with E-state index < -0.39 is 0 Å². The third-order valence-corrected chi connectivity index (χ3v) is 4.33. The molecule has 0 radical (unpaired) electrons. The zero-order valence-corrected chi connectivity index (χ0v) is 15.2. The van der Waals surface area contributed by atoms with Crippen molar-refractivity contribution in [2.24, 2.45) is 0 Å². The Morgan fingerprint density at radius 3 is 2.43 bits per heavy atom. The van der Waals surface area contributed by atoms with Crippen molar-refractivity contribution in [3.63, 3.8) is 0 Å². The second-order valence-electron chi connectivity index (χ2n) is 5.72. The van der Waals surface area contributed by atoms with Crippen molar-refractivity contribution in [3.8, 4) is 17.1 Å². The number of nitrogens with zero attached hydrogens (tertiary/aromatic N) is 2. The van der Waals surface area contributed by atoms with Gasteiger partial charge in [-0.2, -0.15) is 0 Å². The standard InChI is InChI=1S/C15H17ClIN3O/c1-15(2,3)12-11(17)14(18-4)20-13(19-12)8-5-6-10(21)9(16)7-8/h5-7,21H,1-4H3,(H,18,19,20). The van der Waals surface area contributed by atoms with Gasteiger partial charge >= 0.3 is 0 Å². The van der Waals surface area contributed by atoms with E-state index in [1.807, 2.05) is 7.05 Å². The van der Waals surface area contributed by atoms with Crippen molar-refractivity contribution in [1.82, 2.24) is 9.97 Å². The number of hydrogen-bond acceptors (Lipinski definition) is 4. The van der Waals surface area contributed by atoms with E-state index in [1.54, 1.807) is 18.2 Å². The van der Waals surface area contributed by atoms with E-state index in [1.165, 1.54) is 0 Å². The van der Waals surface area contributed by atoms with E-state index in [0.29, 0.717) is 5.82 Å². The first kappa shape index (κ1) is 16.3. The molecule has 4 nitrogen and oxygen atoms in total. The smallest absolute Gasteiger partial charge is 0.161 e. The fraction of sp³-hybridized carbons (Fsp3) is 0.333. The van der Waals surface area contributed by atoms with Crippen LogP contribution in [0.25, 0.3) is 11.4 Å². The van der Waals surface area contributed by atoms with Crippen LogP contribution in [0.1, 0.15) is 26.5 Å². The molecule has 0 aliphatic rings. The Balaban J connectivity index is 2.66. The Bertz CT molecular complexity index is 683. The zero-order valence-electron chi connectivity index (χ0n) is 12.3. The lowest BCUT2D eigenvalue weighted by Gasteiger charge is -2.21. The number of hydrogen-bond donors (Lipinski definition) is 2. The van der Waals surface area contributed by atoms with Crippen LogP contribution in [-0.4, -0.2) is 22.1 Å². The molecule has 0 bridgehead atoms. The number of anilines is 1. The summed E-state index contributed by atoms with van der Waals surface area (Å²) in [7, 11) is 1.84. The van der Waals surface area contributed by atoms with Gasteiger partial charge in [0.1, 0.15) is 11.6 Å². The quantitative estimate of drug-likeness (QED) is 0.709. The molecule has 1 aromatic heterocycles. The van der Waals surface area contributed by atoms with E-state index in [0.717, 1.165) is 20.6 Å². The van der Waals surface area contributed by atoms with Gasteiger partial charge in [-0.1, -0.05) is 32.4 Å². The highest BCUT2D eigenvalue weighted by molar-refractivity contribution is 14.1. The molecule has 0 fully saturated rings. The normalized spacial score (nSPS) is 11.5. The van der Waals surface area contributed by atoms with E-state index in [4.69, 9.17) is 16.6 Å². The van der Waals surface area contributed by atoms with Crippen LogP contribution in [-0.2, 0) is 5.41 Å². The maximum atomic E-state index is 9.53. The molecule has 0 spiro atoms. The van der Waals surface area contributed by atoms with Crippen LogP contribution < -0.4 is 5.32 Å². The Labute approximate surface area is 143 Å². The highest BCUT2D eigenvalue weighted by Crippen LogP contribution is 2.33. The summed E-state index contributed by atoms with van der Waals surface area (Å²) in [5, 5.41) is 12.9. The number of rotatable bonds is 2. The molecule has 0 aliphatic carbocycles. The number of phenols is 1. The molecule has 0 unspecified atom stereocenters. The minimum absolute atomic E-state index is 0.0517. The number of aromatic nitrogens is 2. The highest BCUT2D eigenvalue weighted by atomic mass is 127. The second kappa shape index (κ2) is 5.96. The first-order valence-corrected chi connectivity index (χ1v) is 7.94. The number of halogens is 2. The number of nitrogens with one attached hydrogen (secondary N) is 1. The van der Waals surface area contributed by atoms with Crippen molar-refractivity contribution < 1.29 is 5.11 Å². The highest BCUT2D eigenvalue weighted by Gasteiger charge is 2.23. The number of benzene rings is 1. The average Bonchev–Trinajstić information content (AvgIpc) is 2.41. The fourth-order valence-electron chi connectivity index (χ4n) is 1.88. The maximum absolute atomic E-state index is 9.53. The third-order valence-electron chi connectivity index (χ3n) is 3.00. The monoisotopic (exact) mass is 417 g/mol. The van der Waals surface area contributed by atoms with Crippen LogP contribution >= 0.6 is 34.2 Å². The van der Waals surface area contributed by atoms with Crippen LogP contribution in [0.5, 0.6) is 5.75 Å². The Kier molecular flexibility index (Phi) is 4.63. The van der Waals surface area contributed by atoms with Gasteiger partial charge in [0.25, 0.3) is 0 Å². The van der Waals surface area contributed by atoms with Gasteiger partial charge in [0.2, 0.25) is 0 Å². The summed E-state index contributed by atoms with van der Waals surface area (Å²) < 4.78 is 1.01. The first-order valence-electron chi connectivity index (χ1n) is 6.48. The van der Waals surface area contributed by atoms with Crippen LogP contribution in [0, 0.1) is 3.57 Å². The Morgan fingerprint density at radius 2 is 1.90 bits per heavy atom. The summed E-state index contributed by atoms with van der Waals surface area (Å²) >= 11 is 8.24. The third kappa shape index (κ3) is 3.40. The topological polar surface area (TPSA) is 58.0 Å². The van der Waals surface area contributed by atoms with Crippen molar-refractivity contribution >= 4 is 40.0 Å². The van der Waals surface area contributed by atoms with E-state index in [-0.39, 0.29) is 16.2 Å². The zero-order chi connectivity index (χ0) is 15.8. The molecule has 2 rings (SSSR count). The molecule has 0 atom stereocenters. The van der Waals surface area contributed by atoms with Crippen LogP contribution in [0.2, 0.25) is 5.02 Å². The van der Waals surface area contributed by atoms with Crippen LogP contribution in [0.4, 0.5) is 5.82 Å². The summed E-state index contributed by atoms with van der Waals surface area (Å²) in [5.74, 6) is 1.43. The largest absolute Gasteiger partial charge is 0.506 e. The molecule has 0 aliphatic heterocycles. The lowest BCUT2D eigenvalue weighted by molar-refractivity contribution is 0.475.